The molecule has 0 bridgehead atoms. The number of nitrogens with one attached hydrogen (secondary N) is 1. The van der Waals surface area contributed by atoms with Crippen LogP contribution in [0.1, 0.15) is 53.9 Å². The van der Waals surface area contributed by atoms with E-state index >= 15 is 0 Å². The second-order valence-corrected chi connectivity index (χ2v) is 5.43. The third-order valence-electron chi connectivity index (χ3n) is 3.19. The Morgan fingerprint density at radius 1 is 1.10 bits per heavy atom. The van der Waals surface area contributed by atoms with Gasteiger partial charge in [-0.25, -0.2) is 9.59 Å². The van der Waals surface area contributed by atoms with Gasteiger partial charge >= 0.3 is 12.1 Å². The first-order chi connectivity index (χ1) is 9.42. The standard InChI is InChI=1S/C15H29NO4/c1-6-12(5)13(16-15(18)19-7-2)14(17)20-10-8-9-11(3)4/h11-13H,6-10H2,1-5H3,(H,16,18). The lowest BCUT2D eigenvalue weighted by Crippen LogP contribution is -2.46. The van der Waals surface area contributed by atoms with E-state index in [9.17, 15) is 9.59 Å². The number of ether oxygens (including phenoxy) is 2. The number of esters is 1. The molecule has 1 N–H and O–H groups in total. The molecule has 0 spiro atoms. The monoisotopic (exact) mass is 287 g/mol. The lowest BCUT2D eigenvalue weighted by molar-refractivity contribution is -0.147. The SMILES string of the molecule is CCOC(=O)NC(C(=O)OCCCC(C)C)C(C)CC. The lowest BCUT2D eigenvalue weighted by Gasteiger charge is -2.22. The Bertz CT molecular complexity index is 292. The fourth-order valence-corrected chi connectivity index (χ4v) is 1.72. The highest BCUT2D eigenvalue weighted by atomic mass is 16.6. The quantitative estimate of drug-likeness (QED) is 0.522. The molecule has 0 aliphatic carbocycles. The van der Waals surface area contributed by atoms with E-state index in [1.807, 2.05) is 13.8 Å². The first-order valence-electron chi connectivity index (χ1n) is 7.52. The summed E-state index contributed by atoms with van der Waals surface area (Å²) in [6.07, 6.45) is 2.07. The number of hydrogen-bond acceptors (Lipinski definition) is 4. The average Bonchev–Trinajstić information content (AvgIpc) is 2.40. The highest BCUT2D eigenvalue weighted by molar-refractivity contribution is 5.81. The summed E-state index contributed by atoms with van der Waals surface area (Å²) in [5, 5.41) is 2.58. The van der Waals surface area contributed by atoms with Gasteiger partial charge in [0.2, 0.25) is 0 Å². The van der Waals surface area contributed by atoms with Crippen LogP contribution in [0, 0.1) is 11.8 Å². The van der Waals surface area contributed by atoms with Gasteiger partial charge in [0.1, 0.15) is 6.04 Å². The summed E-state index contributed by atoms with van der Waals surface area (Å²) in [6, 6.07) is -0.641. The van der Waals surface area contributed by atoms with Crippen LogP contribution in [-0.2, 0) is 14.3 Å². The summed E-state index contributed by atoms with van der Waals surface area (Å²) in [7, 11) is 0. The second kappa shape index (κ2) is 10.5. The van der Waals surface area contributed by atoms with E-state index in [0.29, 0.717) is 12.5 Å². The topological polar surface area (TPSA) is 64.6 Å². The van der Waals surface area contributed by atoms with Crippen LogP contribution in [0.5, 0.6) is 0 Å². The highest BCUT2D eigenvalue weighted by Gasteiger charge is 2.27. The van der Waals surface area contributed by atoms with Gasteiger partial charge in [-0.2, -0.15) is 0 Å². The van der Waals surface area contributed by atoms with Gasteiger partial charge in [0.25, 0.3) is 0 Å². The first kappa shape index (κ1) is 18.7. The van der Waals surface area contributed by atoms with Crippen LogP contribution in [0.2, 0.25) is 0 Å². The van der Waals surface area contributed by atoms with Crippen molar-refractivity contribution in [2.24, 2.45) is 11.8 Å². The molecule has 5 nitrogen and oxygen atoms in total. The van der Waals surface area contributed by atoms with Crippen molar-refractivity contribution in [2.75, 3.05) is 13.2 Å². The van der Waals surface area contributed by atoms with Crippen molar-refractivity contribution < 1.29 is 19.1 Å². The maximum absolute atomic E-state index is 12.0. The summed E-state index contributed by atoms with van der Waals surface area (Å²) < 4.78 is 10.1. The van der Waals surface area contributed by atoms with Gasteiger partial charge in [0.15, 0.2) is 0 Å². The van der Waals surface area contributed by atoms with Crippen molar-refractivity contribution in [2.45, 2.75) is 59.9 Å². The normalized spacial score (nSPS) is 13.7. The molecule has 0 aliphatic heterocycles. The van der Waals surface area contributed by atoms with Gasteiger partial charge in [0.05, 0.1) is 13.2 Å². The third-order valence-corrected chi connectivity index (χ3v) is 3.19. The number of carbonyl (C=O) groups excluding carboxylic acids is 2. The molecule has 0 aromatic rings. The van der Waals surface area contributed by atoms with Crippen LogP contribution in [-0.4, -0.2) is 31.3 Å². The third kappa shape index (κ3) is 8.02. The average molecular weight is 287 g/mol. The zero-order valence-corrected chi connectivity index (χ0v) is 13.4. The van der Waals surface area contributed by atoms with Crippen molar-refractivity contribution in [1.82, 2.24) is 5.32 Å². The van der Waals surface area contributed by atoms with Gasteiger partial charge in [-0.05, 0) is 31.6 Å². The fraction of sp³-hybridized carbons (Fsp3) is 0.867. The lowest BCUT2D eigenvalue weighted by atomic mass is 9.99. The van der Waals surface area contributed by atoms with Crippen molar-refractivity contribution in [3.8, 4) is 0 Å². The molecule has 1 amide bonds. The van der Waals surface area contributed by atoms with Crippen LogP contribution >= 0.6 is 0 Å². The van der Waals surface area contributed by atoms with Gasteiger partial charge in [-0.15, -0.1) is 0 Å². The Labute approximate surface area is 122 Å². The minimum atomic E-state index is -0.641. The van der Waals surface area contributed by atoms with Gasteiger partial charge in [-0.3, -0.25) is 0 Å². The maximum atomic E-state index is 12.0. The molecule has 118 valence electrons. The molecule has 0 saturated heterocycles. The molecular formula is C15H29NO4. The molecule has 20 heavy (non-hydrogen) atoms. The summed E-state index contributed by atoms with van der Waals surface area (Å²) >= 11 is 0. The van der Waals surface area contributed by atoms with Gasteiger partial charge < -0.3 is 14.8 Å². The van der Waals surface area contributed by atoms with E-state index in [-0.39, 0.29) is 18.5 Å². The van der Waals surface area contributed by atoms with E-state index in [0.717, 1.165) is 19.3 Å². The summed E-state index contributed by atoms with van der Waals surface area (Å²) in [6.45, 7) is 10.5. The molecule has 0 fully saturated rings. The smallest absolute Gasteiger partial charge is 0.407 e. The van der Waals surface area contributed by atoms with Gasteiger partial charge in [0, 0.05) is 0 Å². The fourth-order valence-electron chi connectivity index (χ4n) is 1.72. The number of rotatable bonds is 9. The first-order valence-corrected chi connectivity index (χ1v) is 7.52. The summed E-state index contributed by atoms with van der Waals surface area (Å²) in [5.74, 6) is 0.227. The number of amides is 1. The zero-order chi connectivity index (χ0) is 15.5. The molecule has 0 rings (SSSR count). The Morgan fingerprint density at radius 3 is 2.25 bits per heavy atom. The van der Waals surface area contributed by atoms with E-state index in [1.54, 1.807) is 6.92 Å². The Kier molecular flexibility index (Phi) is 9.86. The van der Waals surface area contributed by atoms with E-state index in [1.165, 1.54) is 0 Å². The van der Waals surface area contributed by atoms with Crippen molar-refractivity contribution in [3.05, 3.63) is 0 Å². The van der Waals surface area contributed by atoms with Gasteiger partial charge in [-0.1, -0.05) is 34.1 Å². The molecule has 2 unspecified atom stereocenters. The molecule has 2 atom stereocenters. The van der Waals surface area contributed by atoms with E-state index in [2.05, 4.69) is 19.2 Å². The van der Waals surface area contributed by atoms with Crippen molar-refractivity contribution in [1.29, 1.82) is 0 Å². The molecule has 5 heteroatoms. The molecular weight excluding hydrogens is 258 g/mol. The largest absolute Gasteiger partial charge is 0.464 e. The number of alkyl carbamates (subject to hydrolysis) is 1. The zero-order valence-electron chi connectivity index (χ0n) is 13.4. The Balaban J connectivity index is 4.31. The molecule has 0 aromatic carbocycles. The minimum absolute atomic E-state index is 0.0111. The summed E-state index contributed by atoms with van der Waals surface area (Å²) in [5.41, 5.74) is 0. The van der Waals surface area contributed by atoms with Crippen LogP contribution in [0.3, 0.4) is 0 Å². The maximum Gasteiger partial charge on any atom is 0.407 e. The predicted octanol–water partition coefficient (Wildman–Crippen LogP) is 3.13. The Morgan fingerprint density at radius 2 is 1.75 bits per heavy atom. The van der Waals surface area contributed by atoms with Crippen LogP contribution in [0.25, 0.3) is 0 Å². The van der Waals surface area contributed by atoms with Crippen molar-refractivity contribution >= 4 is 12.1 Å². The summed E-state index contributed by atoms with van der Waals surface area (Å²) in [4.78, 5) is 23.5. The van der Waals surface area contributed by atoms with E-state index < -0.39 is 12.1 Å². The number of carbonyl (C=O) groups is 2. The molecule has 0 aromatic heterocycles. The Hall–Kier alpha value is -1.26. The highest BCUT2D eigenvalue weighted by Crippen LogP contribution is 2.11. The second-order valence-electron chi connectivity index (χ2n) is 5.43. The molecule has 0 radical (unpaired) electrons. The molecule has 0 aliphatic rings. The van der Waals surface area contributed by atoms with Crippen LogP contribution < -0.4 is 5.32 Å². The van der Waals surface area contributed by atoms with E-state index in [4.69, 9.17) is 9.47 Å². The predicted molar refractivity (Wildman–Crippen MR) is 78.4 cm³/mol. The number of hydrogen-bond donors (Lipinski definition) is 1. The molecule has 0 heterocycles. The minimum Gasteiger partial charge on any atom is -0.464 e. The van der Waals surface area contributed by atoms with Crippen LogP contribution in [0.4, 0.5) is 4.79 Å². The molecule has 0 saturated carbocycles. The van der Waals surface area contributed by atoms with Crippen molar-refractivity contribution in [3.63, 3.8) is 0 Å². The van der Waals surface area contributed by atoms with Crippen LogP contribution in [0.15, 0.2) is 0 Å².